The number of thioether (sulfide) groups is 1. The minimum Gasteiger partial charge on any atom is -0.449 e. The molecule has 0 spiro atoms. The molecule has 1 aromatic heterocycles. The lowest BCUT2D eigenvalue weighted by Gasteiger charge is -2.63. The van der Waals surface area contributed by atoms with Crippen LogP contribution in [0.25, 0.3) is 11.8 Å². The van der Waals surface area contributed by atoms with Gasteiger partial charge >= 0.3 is 5.97 Å². The van der Waals surface area contributed by atoms with E-state index >= 15 is 4.39 Å². The van der Waals surface area contributed by atoms with E-state index in [-0.39, 0.29) is 25.8 Å². The number of halogens is 2. The van der Waals surface area contributed by atoms with Crippen molar-refractivity contribution in [2.75, 3.05) is 12.6 Å². The topological polar surface area (TPSA) is 154 Å². The van der Waals surface area contributed by atoms with Crippen molar-refractivity contribution in [2.24, 2.45) is 34.3 Å². The number of rotatable bonds is 8. The van der Waals surface area contributed by atoms with Crippen molar-refractivity contribution in [1.82, 2.24) is 15.1 Å². The highest BCUT2D eigenvalue weighted by Crippen LogP contribution is 2.72. The van der Waals surface area contributed by atoms with Crippen LogP contribution in [0, 0.1) is 28.6 Å². The molecule has 0 unspecified atom stereocenters. The number of nitrogens with one attached hydrogen (secondary N) is 1. The Labute approximate surface area is 282 Å². The molecule has 3 fully saturated rings. The highest BCUT2D eigenvalue weighted by atomic mass is 32.2. The van der Waals surface area contributed by atoms with Crippen LogP contribution in [0.1, 0.15) is 81.4 Å². The van der Waals surface area contributed by atoms with E-state index in [2.05, 4.69) is 10.4 Å². The third-order valence-corrected chi connectivity index (χ3v) is 12.6. The Hall–Kier alpha value is -3.58. The fraction of sp³-hybridized carbons (Fsp3) is 0.571. The first-order chi connectivity index (χ1) is 22.7. The molecule has 10 nitrogen and oxygen atoms in total. The van der Waals surface area contributed by atoms with Crippen molar-refractivity contribution < 1.29 is 37.8 Å². The quantitative estimate of drug-likeness (QED) is 0.345. The van der Waals surface area contributed by atoms with E-state index in [1.54, 1.807) is 42.1 Å². The van der Waals surface area contributed by atoms with E-state index < -0.39 is 74.9 Å². The minimum atomic E-state index is -2.07. The molecule has 0 aliphatic heterocycles. The zero-order valence-corrected chi connectivity index (χ0v) is 28.4. The van der Waals surface area contributed by atoms with Gasteiger partial charge in [0.1, 0.15) is 11.7 Å². The third-order valence-electron chi connectivity index (χ3n) is 11.9. The molecule has 8 atom stereocenters. The SMILES string of the molecule is CCC(=O)O[C@]1(C(=O)SCF)[C@H](C)C[C@H]2[C@@H]3CCC4=Cc5c(cnn5-c5cccc(C(=O)NCC(N)=O)c5)C[C@]4(C)[C@@]3(F)[C@@H](O)C[C@@]21C. The number of aliphatic hydroxyl groups excluding tert-OH is 1. The summed E-state index contributed by atoms with van der Waals surface area (Å²) >= 11 is 0.466. The number of alkyl halides is 2. The van der Waals surface area contributed by atoms with Gasteiger partial charge in [0, 0.05) is 34.7 Å². The molecule has 4 N–H and O–H groups in total. The highest BCUT2D eigenvalue weighted by molar-refractivity contribution is 8.13. The molecule has 4 aliphatic rings. The first kappa shape index (κ1) is 34.3. The lowest BCUT2D eigenvalue weighted by atomic mass is 9.44. The fourth-order valence-electron chi connectivity index (χ4n) is 9.73. The Kier molecular flexibility index (Phi) is 8.63. The van der Waals surface area contributed by atoms with Crippen molar-refractivity contribution in [3.8, 4) is 5.69 Å². The van der Waals surface area contributed by atoms with Crippen LogP contribution in [0.3, 0.4) is 0 Å². The summed E-state index contributed by atoms with van der Waals surface area (Å²) in [6, 6.07) is 5.79. The van der Waals surface area contributed by atoms with Crippen LogP contribution < -0.4 is 11.1 Å². The summed E-state index contributed by atoms with van der Waals surface area (Å²) in [6.07, 6.45) is 3.65. The average Bonchev–Trinajstić information content (AvgIpc) is 3.54. The smallest absolute Gasteiger partial charge is 0.306 e. The number of esters is 1. The van der Waals surface area contributed by atoms with Crippen LogP contribution in [0.4, 0.5) is 8.78 Å². The number of hydrogen-bond acceptors (Lipinski definition) is 8. The molecule has 0 saturated heterocycles. The van der Waals surface area contributed by atoms with E-state index in [0.29, 0.717) is 42.3 Å². The predicted molar refractivity (Wildman–Crippen MR) is 175 cm³/mol. The first-order valence-electron chi connectivity index (χ1n) is 16.4. The predicted octanol–water partition coefficient (Wildman–Crippen LogP) is 4.46. The average molecular weight is 685 g/mol. The van der Waals surface area contributed by atoms with E-state index in [0.717, 1.165) is 16.8 Å². The summed E-state index contributed by atoms with van der Waals surface area (Å²) in [5.41, 5.74) is 2.50. The standard InChI is InChI=1S/C35H42F2N4O6S/c1-5-29(44)47-35(31(46)48-18-36)19(2)11-25-24-10-9-22-13-26-21(14-32(22,3)34(24,37)27(42)15-33(25,35)4)16-40-41(26)23-8-6-7-20(12-23)30(45)39-17-28(38)43/h6-8,12-13,16,19,24-25,27,42H,5,9-11,14-15,17-18H2,1-4H3,(H2,38,43)(H,39,45)/t19-,24+,25+,27+,32+,33+,34+,35+/m1/s1. The number of benzene rings is 1. The maximum atomic E-state index is 18.2. The maximum Gasteiger partial charge on any atom is 0.306 e. The van der Waals surface area contributed by atoms with E-state index in [1.807, 2.05) is 26.8 Å². The second-order valence-electron chi connectivity index (χ2n) is 14.2. The number of ether oxygens (including phenoxy) is 1. The van der Waals surface area contributed by atoms with Crippen LogP contribution in [0.5, 0.6) is 0 Å². The molecule has 48 heavy (non-hydrogen) atoms. The van der Waals surface area contributed by atoms with Crippen molar-refractivity contribution >= 4 is 40.7 Å². The molecule has 0 radical (unpaired) electrons. The summed E-state index contributed by atoms with van der Waals surface area (Å²) < 4.78 is 39.5. The number of aromatic nitrogens is 2. The van der Waals surface area contributed by atoms with Gasteiger partial charge in [-0.2, -0.15) is 5.10 Å². The molecule has 1 aromatic carbocycles. The van der Waals surface area contributed by atoms with Crippen molar-refractivity contribution in [1.29, 1.82) is 0 Å². The molecule has 6 rings (SSSR count). The third kappa shape index (κ3) is 4.78. The second-order valence-corrected chi connectivity index (χ2v) is 15.1. The fourth-order valence-corrected chi connectivity index (χ4v) is 10.5. The van der Waals surface area contributed by atoms with Gasteiger partial charge < -0.3 is 20.9 Å². The largest absolute Gasteiger partial charge is 0.449 e. The van der Waals surface area contributed by atoms with Gasteiger partial charge in [0.15, 0.2) is 5.60 Å². The van der Waals surface area contributed by atoms with Gasteiger partial charge in [-0.3, -0.25) is 19.2 Å². The maximum absolute atomic E-state index is 18.2. The molecular formula is C35H42F2N4O6S. The number of amides is 2. The zero-order chi connectivity index (χ0) is 34.8. The monoisotopic (exact) mass is 684 g/mol. The molecule has 2 aromatic rings. The Morgan fingerprint density at radius 1 is 1.23 bits per heavy atom. The summed E-state index contributed by atoms with van der Waals surface area (Å²) in [7, 11) is 0. The van der Waals surface area contributed by atoms with Crippen LogP contribution in [-0.4, -0.2) is 67.7 Å². The molecule has 1 heterocycles. The highest BCUT2D eigenvalue weighted by Gasteiger charge is 2.77. The van der Waals surface area contributed by atoms with Gasteiger partial charge in [-0.1, -0.05) is 39.3 Å². The number of hydrogen-bond donors (Lipinski definition) is 3. The van der Waals surface area contributed by atoms with E-state index in [9.17, 15) is 28.7 Å². The van der Waals surface area contributed by atoms with Crippen LogP contribution in [-0.2, 0) is 25.5 Å². The Morgan fingerprint density at radius 2 is 1.98 bits per heavy atom. The number of carbonyl (C=O) groups is 4. The number of primary amides is 1. The molecule has 4 aliphatic carbocycles. The Bertz CT molecular complexity index is 1710. The van der Waals surface area contributed by atoms with Gasteiger partial charge in [-0.05, 0) is 79.6 Å². The van der Waals surface area contributed by atoms with Gasteiger partial charge in [0.25, 0.3) is 5.91 Å². The van der Waals surface area contributed by atoms with Gasteiger partial charge in [-0.25, -0.2) is 13.5 Å². The Balaban J connectivity index is 1.36. The molecule has 3 saturated carbocycles. The second kappa shape index (κ2) is 12.1. The normalized spacial score (nSPS) is 34.9. The van der Waals surface area contributed by atoms with Gasteiger partial charge in [0.2, 0.25) is 11.0 Å². The van der Waals surface area contributed by atoms with E-state index in [1.165, 1.54) is 0 Å². The van der Waals surface area contributed by atoms with Crippen molar-refractivity contribution in [2.45, 2.75) is 83.6 Å². The number of nitrogens with zero attached hydrogens (tertiary/aromatic N) is 2. The first-order valence-corrected chi connectivity index (χ1v) is 17.4. The summed E-state index contributed by atoms with van der Waals surface area (Å²) in [5, 5.41) is 18.5. The van der Waals surface area contributed by atoms with Crippen LogP contribution >= 0.6 is 11.8 Å². The Morgan fingerprint density at radius 3 is 2.67 bits per heavy atom. The number of allylic oxidation sites excluding steroid dienone is 1. The van der Waals surface area contributed by atoms with Crippen molar-refractivity contribution in [3.05, 3.63) is 52.9 Å². The van der Waals surface area contributed by atoms with Gasteiger partial charge in [0.05, 0.1) is 30.2 Å². The molecule has 2 amide bonds. The number of carbonyl (C=O) groups excluding carboxylic acids is 4. The zero-order valence-electron chi connectivity index (χ0n) is 27.6. The molecule has 258 valence electrons. The summed E-state index contributed by atoms with van der Waals surface area (Å²) in [5.74, 6) is -3.25. The number of aliphatic hydroxyl groups is 1. The lowest BCUT2D eigenvalue weighted by molar-refractivity contribution is -0.231. The molecule has 0 bridgehead atoms. The summed E-state index contributed by atoms with van der Waals surface area (Å²) in [6.45, 7) is 6.80. The van der Waals surface area contributed by atoms with Crippen LogP contribution in [0.15, 0.2) is 36.0 Å². The molecular weight excluding hydrogens is 642 g/mol. The molecule has 13 heteroatoms. The van der Waals surface area contributed by atoms with Crippen LogP contribution in [0.2, 0.25) is 0 Å². The van der Waals surface area contributed by atoms with Gasteiger partial charge in [-0.15, -0.1) is 0 Å². The summed E-state index contributed by atoms with van der Waals surface area (Å²) in [4.78, 5) is 50.2. The number of fused-ring (bicyclic) bond motifs is 6. The van der Waals surface area contributed by atoms with Crippen molar-refractivity contribution in [3.63, 3.8) is 0 Å². The minimum absolute atomic E-state index is 0.0246. The van der Waals surface area contributed by atoms with E-state index in [4.69, 9.17) is 10.5 Å². The lowest BCUT2D eigenvalue weighted by Crippen LogP contribution is -2.70. The number of nitrogens with two attached hydrogens (primary N) is 1.